The Bertz CT molecular complexity index is 3350. The molecule has 0 bridgehead atoms. The third-order valence-electron chi connectivity index (χ3n) is 14.7. The van der Waals surface area contributed by atoms with Gasteiger partial charge in [-0.05, 0) is 70.8 Å². The molecule has 7 rings (SSSR count). The molecule has 0 aliphatic rings. The first-order valence-electron chi connectivity index (χ1n) is 28.2. The maximum atomic E-state index is 14.9. The van der Waals surface area contributed by atoms with Gasteiger partial charge >= 0.3 is 0 Å². The number of carbonyl (C=O) groups excluding carboxylic acids is 8. The Balaban J connectivity index is 1.08. The number of nitrogens with two attached hydrogens (primary N) is 3. The Morgan fingerprint density at radius 3 is 1.66 bits per heavy atom. The monoisotopic (exact) mass is 1190 g/mol. The summed E-state index contributed by atoms with van der Waals surface area (Å²) in [5.74, 6) is -7.48. The smallest absolute Gasteiger partial charge is 0.244 e. The third-order valence-corrected chi connectivity index (χ3v) is 15.4. The Hall–Kier alpha value is -8.51. The van der Waals surface area contributed by atoms with E-state index in [1.807, 2.05) is 127 Å². The lowest BCUT2D eigenvalue weighted by atomic mass is 9.85. The number of carbonyl (C=O) groups is 8. The second-order valence-corrected chi connectivity index (χ2v) is 21.9. The molecule has 15 N–H and O–H groups in total. The van der Waals surface area contributed by atoms with Gasteiger partial charge in [0.15, 0.2) is 0 Å². The topological polar surface area (TPSA) is 343 Å². The van der Waals surface area contributed by atoms with Crippen LogP contribution in [0.1, 0.15) is 67.0 Å². The molecule has 23 heteroatoms. The van der Waals surface area contributed by atoms with E-state index in [1.165, 1.54) is 12.5 Å². The number of aromatic amines is 2. The number of amides is 8. The molecule has 448 valence electrons. The predicted molar refractivity (Wildman–Crippen MR) is 333 cm³/mol. The standard InChI is InChI=1S/C62H75N13O8S2/c1-36(2)54(62(83)74-51(34-85)59(80)70-47(55(65)76)28-37-24-25-38-15-9-10-20-41(38)27-37)75-56(77)46(23-13-14-26-63)69-57(78)48(29-42-31-67-45-22-12-11-21-44(42)45)71-58(79)49(30-43-32-66-35-68-43)72-60(81)50(33-84)73-61(82)53(64)52(39-16-5-3-6-17-39)40-18-7-4-8-19-40/h3-12,15-22,24-25,27,31-32,35-36,46-54,67,84-85H,13-14,23,26,28-30,33-34,63-64H2,1-2H3,(H2,65,76)(H,66,68)(H,69,78)(H,70,80)(H,71,79)(H,72,81)(H,73,82)(H,74,83)(H,75,77)/t46-,47-,48+,49-,50+,51-,53-,54-/m0/s1. The van der Waals surface area contributed by atoms with Crippen molar-refractivity contribution in [2.75, 3.05) is 18.1 Å². The van der Waals surface area contributed by atoms with Crippen LogP contribution in [0.5, 0.6) is 0 Å². The summed E-state index contributed by atoms with van der Waals surface area (Å²) in [7, 11) is 0. The fourth-order valence-corrected chi connectivity index (χ4v) is 10.5. The molecule has 0 unspecified atom stereocenters. The molecule has 85 heavy (non-hydrogen) atoms. The van der Waals surface area contributed by atoms with Crippen LogP contribution in [0.4, 0.5) is 0 Å². The lowest BCUT2D eigenvalue weighted by Crippen LogP contribution is -2.61. The molecular formula is C62H75N13O8S2. The highest BCUT2D eigenvalue weighted by Crippen LogP contribution is 2.28. The maximum Gasteiger partial charge on any atom is 0.244 e. The largest absolute Gasteiger partial charge is 0.368 e. The minimum absolute atomic E-state index is 0.0682. The number of para-hydroxylation sites is 1. The van der Waals surface area contributed by atoms with E-state index in [1.54, 1.807) is 20.0 Å². The Kier molecular flexibility index (Phi) is 23.7. The summed E-state index contributed by atoms with van der Waals surface area (Å²) in [6, 6.07) is 29.1. The summed E-state index contributed by atoms with van der Waals surface area (Å²) in [5.41, 5.74) is 22.5. The molecule has 0 radical (unpaired) electrons. The first-order valence-corrected chi connectivity index (χ1v) is 29.4. The average Bonchev–Trinajstić information content (AvgIpc) is 4.24. The summed E-state index contributed by atoms with van der Waals surface area (Å²) in [6.07, 6.45) is 5.36. The van der Waals surface area contributed by atoms with Gasteiger partial charge in [0.05, 0.1) is 12.4 Å². The highest BCUT2D eigenvalue weighted by atomic mass is 32.1. The summed E-state index contributed by atoms with van der Waals surface area (Å²) in [6.45, 7) is 3.66. The zero-order valence-electron chi connectivity index (χ0n) is 47.3. The van der Waals surface area contributed by atoms with Crippen LogP contribution < -0.4 is 54.4 Å². The zero-order chi connectivity index (χ0) is 61.0. The van der Waals surface area contributed by atoms with Crippen molar-refractivity contribution in [2.24, 2.45) is 23.1 Å². The van der Waals surface area contributed by atoms with Crippen LogP contribution in [0, 0.1) is 5.92 Å². The Morgan fingerprint density at radius 1 is 0.541 bits per heavy atom. The van der Waals surface area contributed by atoms with Crippen LogP contribution in [0.25, 0.3) is 21.7 Å². The molecule has 0 spiro atoms. The number of unbranched alkanes of at least 4 members (excludes halogenated alkanes) is 1. The van der Waals surface area contributed by atoms with E-state index in [4.69, 9.17) is 17.2 Å². The molecule has 0 fully saturated rings. The number of primary amides is 1. The van der Waals surface area contributed by atoms with Crippen LogP contribution in [-0.4, -0.2) is 129 Å². The number of benzene rings is 5. The Labute approximate surface area is 504 Å². The van der Waals surface area contributed by atoms with E-state index >= 15 is 0 Å². The van der Waals surface area contributed by atoms with Crippen molar-refractivity contribution in [3.63, 3.8) is 0 Å². The van der Waals surface area contributed by atoms with Crippen LogP contribution >= 0.6 is 25.3 Å². The van der Waals surface area contributed by atoms with E-state index in [2.05, 4.69) is 77.4 Å². The number of hydrogen-bond donors (Lipinski definition) is 14. The molecule has 0 saturated heterocycles. The molecule has 8 amide bonds. The van der Waals surface area contributed by atoms with Crippen molar-refractivity contribution in [2.45, 2.75) is 107 Å². The highest BCUT2D eigenvalue weighted by molar-refractivity contribution is 7.80. The van der Waals surface area contributed by atoms with E-state index in [0.717, 1.165) is 38.4 Å². The van der Waals surface area contributed by atoms with Gasteiger partial charge in [-0.2, -0.15) is 25.3 Å². The molecule has 8 atom stereocenters. The van der Waals surface area contributed by atoms with Crippen molar-refractivity contribution in [1.82, 2.24) is 52.2 Å². The van der Waals surface area contributed by atoms with Crippen molar-refractivity contribution in [3.8, 4) is 0 Å². The second-order valence-electron chi connectivity index (χ2n) is 21.2. The van der Waals surface area contributed by atoms with Gasteiger partial charge in [-0.1, -0.05) is 135 Å². The zero-order valence-corrected chi connectivity index (χ0v) is 49.1. The highest BCUT2D eigenvalue weighted by Gasteiger charge is 2.36. The van der Waals surface area contributed by atoms with Gasteiger partial charge in [-0.25, -0.2) is 4.98 Å². The second kappa shape index (κ2) is 31.4. The van der Waals surface area contributed by atoms with Crippen molar-refractivity contribution in [1.29, 1.82) is 0 Å². The van der Waals surface area contributed by atoms with Gasteiger partial charge in [0, 0.05) is 65.7 Å². The van der Waals surface area contributed by atoms with Gasteiger partial charge in [0.2, 0.25) is 47.3 Å². The minimum atomic E-state index is -1.38. The summed E-state index contributed by atoms with van der Waals surface area (Å²) in [5, 5.41) is 22.0. The average molecular weight is 1190 g/mol. The number of fused-ring (bicyclic) bond motifs is 2. The van der Waals surface area contributed by atoms with E-state index in [-0.39, 0.29) is 43.7 Å². The number of hydrogen-bond acceptors (Lipinski definition) is 13. The van der Waals surface area contributed by atoms with Crippen molar-refractivity contribution >= 4 is 94.2 Å². The van der Waals surface area contributed by atoms with E-state index < -0.39 is 107 Å². The van der Waals surface area contributed by atoms with Crippen LogP contribution in [-0.2, 0) is 57.6 Å². The predicted octanol–water partition coefficient (Wildman–Crippen LogP) is 2.76. The molecule has 0 saturated carbocycles. The number of H-pyrrole nitrogens is 2. The molecule has 0 aliphatic heterocycles. The fourth-order valence-electron chi connectivity index (χ4n) is 10.0. The number of aromatic nitrogens is 3. The molecule has 2 heterocycles. The van der Waals surface area contributed by atoms with Crippen LogP contribution in [0.15, 0.2) is 146 Å². The van der Waals surface area contributed by atoms with Gasteiger partial charge in [0.1, 0.15) is 42.3 Å². The fraction of sp³-hybridized carbons (Fsp3) is 0.339. The van der Waals surface area contributed by atoms with Crippen LogP contribution in [0.2, 0.25) is 0 Å². The van der Waals surface area contributed by atoms with E-state index in [9.17, 15) is 38.4 Å². The number of rotatable bonds is 31. The molecule has 0 aliphatic carbocycles. The molecule has 5 aromatic carbocycles. The summed E-state index contributed by atoms with van der Waals surface area (Å²) >= 11 is 8.76. The number of thiol groups is 2. The number of nitrogens with zero attached hydrogens (tertiary/aromatic N) is 1. The van der Waals surface area contributed by atoms with Gasteiger partial charge < -0.3 is 64.4 Å². The number of imidazole rings is 1. The quantitative estimate of drug-likeness (QED) is 0.0221. The normalized spacial score (nSPS) is 14.2. The molecule has 21 nitrogen and oxygen atoms in total. The lowest BCUT2D eigenvalue weighted by molar-refractivity contribution is -0.136. The first-order chi connectivity index (χ1) is 41.0. The molecular weight excluding hydrogens is 1120 g/mol. The van der Waals surface area contributed by atoms with Crippen molar-refractivity contribution in [3.05, 3.63) is 174 Å². The Morgan fingerprint density at radius 2 is 1.07 bits per heavy atom. The maximum absolute atomic E-state index is 14.9. The van der Waals surface area contributed by atoms with Gasteiger partial charge in [-0.3, -0.25) is 38.4 Å². The van der Waals surface area contributed by atoms with Gasteiger partial charge in [0.25, 0.3) is 0 Å². The number of nitrogens with one attached hydrogen (secondary N) is 9. The van der Waals surface area contributed by atoms with E-state index in [0.29, 0.717) is 24.1 Å². The molecule has 7 aromatic rings. The van der Waals surface area contributed by atoms with Gasteiger partial charge in [-0.15, -0.1) is 0 Å². The SMILES string of the molecule is CC(C)[C@H](NC(=O)[C@H](CCCCN)NC(=O)[C@@H](Cc1c[nH]c2ccccc12)NC(=O)[C@H](Cc1cnc[nH]1)NC(=O)[C@@H](CS)NC(=O)[C@@H](N)C(c1ccccc1)c1ccccc1)C(=O)N[C@@H](CS)C(=O)N[C@@H](Cc1ccc2ccccc2c1)C(N)=O. The third kappa shape index (κ3) is 17.8. The first kappa shape index (κ1) is 64.1. The van der Waals surface area contributed by atoms with Crippen molar-refractivity contribution < 1.29 is 38.4 Å². The molecule has 2 aromatic heterocycles. The van der Waals surface area contributed by atoms with Crippen LogP contribution in [0.3, 0.4) is 0 Å². The minimum Gasteiger partial charge on any atom is -0.368 e. The summed E-state index contributed by atoms with van der Waals surface area (Å²) < 4.78 is 0. The lowest BCUT2D eigenvalue weighted by Gasteiger charge is -2.29. The summed E-state index contributed by atoms with van der Waals surface area (Å²) in [4.78, 5) is 123.